The molecule has 0 fully saturated rings. The van der Waals surface area contributed by atoms with Gasteiger partial charge >= 0.3 is 0 Å². The second-order valence-electron chi connectivity index (χ2n) is 5.05. The van der Waals surface area contributed by atoms with E-state index in [1.165, 1.54) is 6.33 Å². The molecule has 5 nitrogen and oxygen atoms in total. The first-order valence-corrected chi connectivity index (χ1v) is 8.41. The number of aryl methyl sites for hydroxylation is 1. The SMILES string of the molecule is Cn1nc(Br)c2c(Oc3ccc4cc(Br)ccc4c3)ncnc21. The maximum Gasteiger partial charge on any atom is 0.234 e. The summed E-state index contributed by atoms with van der Waals surface area (Å²) in [5.74, 6) is 1.20. The average Bonchev–Trinajstić information content (AvgIpc) is 2.83. The lowest BCUT2D eigenvalue weighted by atomic mass is 10.1. The van der Waals surface area contributed by atoms with E-state index in [1.807, 2.05) is 37.4 Å². The van der Waals surface area contributed by atoms with Gasteiger partial charge in [0.2, 0.25) is 5.88 Å². The van der Waals surface area contributed by atoms with Crippen molar-refractivity contribution in [3.8, 4) is 11.6 Å². The fourth-order valence-electron chi connectivity index (χ4n) is 2.46. The zero-order valence-corrected chi connectivity index (χ0v) is 15.2. The van der Waals surface area contributed by atoms with Crippen LogP contribution in [0.15, 0.2) is 51.8 Å². The third-order valence-corrected chi connectivity index (χ3v) is 4.58. The van der Waals surface area contributed by atoms with Gasteiger partial charge in [-0.05, 0) is 51.0 Å². The van der Waals surface area contributed by atoms with E-state index in [0.29, 0.717) is 16.1 Å². The quantitative estimate of drug-likeness (QED) is 0.454. The first-order chi connectivity index (χ1) is 11.1. The monoisotopic (exact) mass is 432 g/mol. The maximum atomic E-state index is 5.98. The van der Waals surface area contributed by atoms with E-state index in [4.69, 9.17) is 4.74 Å². The summed E-state index contributed by atoms with van der Waals surface area (Å²) in [6.45, 7) is 0. The summed E-state index contributed by atoms with van der Waals surface area (Å²) in [6, 6.07) is 12.0. The standard InChI is InChI=1S/C16H10Br2N4O/c1-22-15-13(14(18)21-22)16(20-8-19-15)23-12-5-3-9-6-11(17)4-2-10(9)7-12/h2-8H,1H3. The lowest BCUT2D eigenvalue weighted by molar-refractivity contribution is 0.468. The van der Waals surface area contributed by atoms with Crippen molar-refractivity contribution in [2.75, 3.05) is 0 Å². The highest BCUT2D eigenvalue weighted by atomic mass is 79.9. The van der Waals surface area contributed by atoms with Gasteiger partial charge in [0.15, 0.2) is 5.65 Å². The van der Waals surface area contributed by atoms with Crippen LogP contribution in [0.2, 0.25) is 0 Å². The normalized spacial score (nSPS) is 11.3. The van der Waals surface area contributed by atoms with E-state index in [9.17, 15) is 0 Å². The number of ether oxygens (including phenoxy) is 1. The van der Waals surface area contributed by atoms with Crippen LogP contribution in [-0.2, 0) is 7.05 Å². The molecule has 2 aromatic carbocycles. The maximum absolute atomic E-state index is 5.98. The van der Waals surface area contributed by atoms with E-state index >= 15 is 0 Å². The fraction of sp³-hybridized carbons (Fsp3) is 0.0625. The largest absolute Gasteiger partial charge is 0.438 e. The zero-order chi connectivity index (χ0) is 16.0. The van der Waals surface area contributed by atoms with Gasteiger partial charge in [0, 0.05) is 11.5 Å². The molecule has 0 atom stereocenters. The summed E-state index contributed by atoms with van der Waals surface area (Å²) < 4.78 is 9.38. The Kier molecular flexibility index (Phi) is 3.54. The van der Waals surface area contributed by atoms with Gasteiger partial charge < -0.3 is 4.74 Å². The summed E-state index contributed by atoms with van der Waals surface area (Å²) in [5, 5.41) is 7.29. The van der Waals surface area contributed by atoms with Crippen LogP contribution in [0, 0.1) is 0 Å². The molecule has 0 aliphatic rings. The summed E-state index contributed by atoms with van der Waals surface area (Å²) in [6.07, 6.45) is 1.48. The number of benzene rings is 2. The molecular formula is C16H10Br2N4O. The molecule has 0 saturated heterocycles. The van der Waals surface area contributed by atoms with Crippen molar-refractivity contribution in [2.45, 2.75) is 0 Å². The zero-order valence-electron chi connectivity index (χ0n) is 12.0. The fourth-order valence-corrected chi connectivity index (χ4v) is 3.43. The Bertz CT molecular complexity index is 1050. The molecule has 7 heteroatoms. The van der Waals surface area contributed by atoms with Crippen LogP contribution in [0.5, 0.6) is 11.6 Å². The lowest BCUT2D eigenvalue weighted by Crippen LogP contribution is -1.94. The third kappa shape index (κ3) is 2.60. The number of aromatic nitrogens is 4. The molecule has 2 heterocycles. The molecule has 0 bridgehead atoms. The van der Waals surface area contributed by atoms with Crippen molar-refractivity contribution in [1.29, 1.82) is 0 Å². The molecule has 0 aliphatic carbocycles. The van der Waals surface area contributed by atoms with Gasteiger partial charge in [-0.25, -0.2) is 14.6 Å². The van der Waals surface area contributed by atoms with Gasteiger partial charge in [0.05, 0.1) is 0 Å². The van der Waals surface area contributed by atoms with Crippen LogP contribution in [0.25, 0.3) is 21.8 Å². The van der Waals surface area contributed by atoms with Gasteiger partial charge in [-0.2, -0.15) is 5.10 Å². The van der Waals surface area contributed by atoms with Gasteiger partial charge in [0.1, 0.15) is 22.1 Å². The topological polar surface area (TPSA) is 52.8 Å². The van der Waals surface area contributed by atoms with Crippen LogP contribution in [0.1, 0.15) is 0 Å². The molecule has 4 aromatic rings. The minimum Gasteiger partial charge on any atom is -0.438 e. The molecule has 0 N–H and O–H groups in total. The van der Waals surface area contributed by atoms with Crippen molar-refractivity contribution >= 4 is 53.7 Å². The number of hydrogen-bond acceptors (Lipinski definition) is 4. The van der Waals surface area contributed by atoms with E-state index in [0.717, 1.165) is 26.4 Å². The molecule has 0 spiro atoms. The Balaban J connectivity index is 1.80. The third-order valence-electron chi connectivity index (χ3n) is 3.53. The van der Waals surface area contributed by atoms with E-state index in [-0.39, 0.29) is 0 Å². The molecule has 0 radical (unpaired) electrons. The first kappa shape index (κ1) is 14.6. The number of rotatable bonds is 2. The highest BCUT2D eigenvalue weighted by Gasteiger charge is 2.15. The highest BCUT2D eigenvalue weighted by molar-refractivity contribution is 9.10. The van der Waals surface area contributed by atoms with Crippen LogP contribution >= 0.6 is 31.9 Å². The molecule has 2 aromatic heterocycles. The second-order valence-corrected chi connectivity index (χ2v) is 6.71. The Labute approximate surface area is 148 Å². The Morgan fingerprint density at radius 3 is 2.65 bits per heavy atom. The van der Waals surface area contributed by atoms with Gasteiger partial charge in [-0.15, -0.1) is 0 Å². The van der Waals surface area contributed by atoms with Crippen LogP contribution in [-0.4, -0.2) is 19.7 Å². The van der Waals surface area contributed by atoms with Crippen molar-refractivity contribution in [3.63, 3.8) is 0 Å². The minimum atomic E-state index is 0.478. The number of nitrogens with zero attached hydrogens (tertiary/aromatic N) is 4. The molecule has 0 aliphatic heterocycles. The molecule has 0 amide bonds. The van der Waals surface area contributed by atoms with Crippen LogP contribution in [0.4, 0.5) is 0 Å². The molecule has 0 saturated carbocycles. The Morgan fingerprint density at radius 1 is 1.00 bits per heavy atom. The van der Waals surface area contributed by atoms with E-state index in [2.05, 4.69) is 53.0 Å². The van der Waals surface area contributed by atoms with Crippen molar-refractivity contribution < 1.29 is 4.74 Å². The van der Waals surface area contributed by atoms with Crippen molar-refractivity contribution in [3.05, 3.63) is 51.8 Å². The van der Waals surface area contributed by atoms with E-state index in [1.54, 1.807) is 4.68 Å². The van der Waals surface area contributed by atoms with Gasteiger partial charge in [-0.1, -0.05) is 28.1 Å². The number of hydrogen-bond donors (Lipinski definition) is 0. The van der Waals surface area contributed by atoms with Gasteiger partial charge in [0.25, 0.3) is 0 Å². The minimum absolute atomic E-state index is 0.478. The number of halogens is 2. The number of fused-ring (bicyclic) bond motifs is 2. The summed E-state index contributed by atoms with van der Waals surface area (Å²) in [5.41, 5.74) is 0.714. The second kappa shape index (κ2) is 5.58. The van der Waals surface area contributed by atoms with Crippen LogP contribution in [0.3, 0.4) is 0 Å². The highest BCUT2D eigenvalue weighted by Crippen LogP contribution is 2.33. The lowest BCUT2D eigenvalue weighted by Gasteiger charge is -2.07. The van der Waals surface area contributed by atoms with Crippen molar-refractivity contribution in [2.24, 2.45) is 7.05 Å². The smallest absolute Gasteiger partial charge is 0.234 e. The molecule has 23 heavy (non-hydrogen) atoms. The summed E-state index contributed by atoms with van der Waals surface area (Å²) in [4.78, 5) is 8.48. The molecular weight excluding hydrogens is 424 g/mol. The predicted molar refractivity (Wildman–Crippen MR) is 95.7 cm³/mol. The summed E-state index contributed by atoms with van der Waals surface area (Å²) in [7, 11) is 1.83. The summed E-state index contributed by atoms with van der Waals surface area (Å²) >= 11 is 6.91. The molecule has 0 unspecified atom stereocenters. The van der Waals surface area contributed by atoms with Crippen molar-refractivity contribution in [1.82, 2.24) is 19.7 Å². The average molecular weight is 434 g/mol. The molecule has 114 valence electrons. The Morgan fingerprint density at radius 2 is 1.78 bits per heavy atom. The predicted octanol–water partition coefficient (Wildman–Crippen LogP) is 4.83. The first-order valence-electron chi connectivity index (χ1n) is 6.82. The Hall–Kier alpha value is -1.99. The van der Waals surface area contributed by atoms with E-state index < -0.39 is 0 Å². The molecule has 4 rings (SSSR count). The van der Waals surface area contributed by atoms with Crippen LogP contribution < -0.4 is 4.74 Å². The van der Waals surface area contributed by atoms with Gasteiger partial charge in [-0.3, -0.25) is 0 Å².